The lowest BCUT2D eigenvalue weighted by Gasteiger charge is -2.39. The van der Waals surface area contributed by atoms with Crippen LogP contribution < -0.4 is 15.0 Å². The van der Waals surface area contributed by atoms with Crippen LogP contribution in [0.25, 0.3) is 0 Å². The number of halogens is 3. The van der Waals surface area contributed by atoms with Gasteiger partial charge in [0, 0.05) is 39.3 Å². The van der Waals surface area contributed by atoms with Crippen LogP contribution in [-0.2, 0) is 9.59 Å². The van der Waals surface area contributed by atoms with Crippen LogP contribution >= 0.6 is 0 Å². The summed E-state index contributed by atoms with van der Waals surface area (Å²) < 4.78 is 37.1. The Kier molecular flexibility index (Phi) is 6.89. The minimum atomic E-state index is -5.08. The summed E-state index contributed by atoms with van der Waals surface area (Å²) in [7, 11) is 1.70. The van der Waals surface area contributed by atoms with Crippen LogP contribution in [0.1, 0.15) is 0 Å². The summed E-state index contributed by atoms with van der Waals surface area (Å²) in [5.41, 5.74) is 1.12. The molecule has 1 aromatic carbocycles. The largest absolute Gasteiger partial charge is 0.495 e. The summed E-state index contributed by atoms with van der Waals surface area (Å²) in [6, 6.07) is 8.06. The number of rotatable bonds is 3. The van der Waals surface area contributed by atoms with Crippen LogP contribution in [-0.4, -0.2) is 74.4 Å². The highest BCUT2D eigenvalue weighted by atomic mass is 19.4. The maximum atomic E-state index is 12.2. The number of piperazine rings is 1. The summed E-state index contributed by atoms with van der Waals surface area (Å²) in [5, 5.41) is 10.3. The molecule has 2 N–H and O–H groups in total. The highest BCUT2D eigenvalue weighted by Gasteiger charge is 2.38. The number of carbonyl (C=O) groups excluding carboxylic acids is 1. The molecule has 150 valence electrons. The SMILES string of the molecule is COc1ccccc1N1CCN(C(=O)C2CNC2)CC1.O=C(O)C(F)(F)F. The number of para-hydroxylation sites is 2. The van der Waals surface area contributed by atoms with Gasteiger partial charge in [0.25, 0.3) is 0 Å². The number of carboxylic acids is 1. The minimum Gasteiger partial charge on any atom is -0.495 e. The molecule has 0 saturated carbocycles. The Balaban J connectivity index is 0.000000321. The van der Waals surface area contributed by atoms with Crippen LogP contribution in [0.2, 0.25) is 0 Å². The fourth-order valence-electron chi connectivity index (χ4n) is 2.78. The third kappa shape index (κ3) is 5.49. The van der Waals surface area contributed by atoms with Crippen molar-refractivity contribution in [2.24, 2.45) is 5.92 Å². The predicted molar refractivity (Wildman–Crippen MR) is 91.8 cm³/mol. The summed E-state index contributed by atoms with van der Waals surface area (Å²) in [4.78, 5) is 25.4. The highest BCUT2D eigenvalue weighted by molar-refractivity contribution is 5.80. The first-order valence-corrected chi connectivity index (χ1v) is 8.41. The van der Waals surface area contributed by atoms with Gasteiger partial charge in [-0.15, -0.1) is 0 Å². The zero-order chi connectivity index (χ0) is 20.0. The summed E-state index contributed by atoms with van der Waals surface area (Å²) in [6.07, 6.45) is -5.08. The zero-order valence-corrected chi connectivity index (χ0v) is 14.8. The van der Waals surface area contributed by atoms with Gasteiger partial charge in [0.2, 0.25) is 5.91 Å². The Morgan fingerprint density at radius 1 is 1.15 bits per heavy atom. The van der Waals surface area contributed by atoms with Crippen molar-refractivity contribution >= 4 is 17.6 Å². The number of hydrogen-bond donors (Lipinski definition) is 2. The second-order valence-electron chi connectivity index (χ2n) is 6.14. The van der Waals surface area contributed by atoms with Gasteiger partial charge in [0.15, 0.2) is 0 Å². The maximum absolute atomic E-state index is 12.2. The van der Waals surface area contributed by atoms with Crippen LogP contribution in [0.15, 0.2) is 24.3 Å². The summed E-state index contributed by atoms with van der Waals surface area (Å²) in [5.74, 6) is -1.35. The Labute approximate surface area is 154 Å². The van der Waals surface area contributed by atoms with Crippen molar-refractivity contribution in [3.63, 3.8) is 0 Å². The molecule has 1 aromatic rings. The fraction of sp³-hybridized carbons (Fsp3) is 0.529. The molecule has 0 atom stereocenters. The van der Waals surface area contributed by atoms with Gasteiger partial charge in [-0.05, 0) is 12.1 Å². The van der Waals surface area contributed by atoms with E-state index in [1.54, 1.807) is 7.11 Å². The lowest BCUT2D eigenvalue weighted by atomic mass is 10.0. The molecule has 0 radical (unpaired) electrons. The topological polar surface area (TPSA) is 82.1 Å². The zero-order valence-electron chi connectivity index (χ0n) is 14.8. The fourth-order valence-corrected chi connectivity index (χ4v) is 2.78. The number of anilines is 1. The molecular weight excluding hydrogens is 367 g/mol. The van der Waals surface area contributed by atoms with Gasteiger partial charge in [-0.3, -0.25) is 4.79 Å². The Bertz CT molecular complexity index is 657. The molecular formula is C17H22F3N3O4. The number of aliphatic carboxylic acids is 1. The molecule has 0 bridgehead atoms. The average Bonchev–Trinajstić information content (AvgIpc) is 2.60. The first-order chi connectivity index (χ1) is 12.7. The van der Waals surface area contributed by atoms with Crippen molar-refractivity contribution in [3.8, 4) is 5.75 Å². The molecule has 0 spiro atoms. The monoisotopic (exact) mass is 389 g/mol. The molecule has 0 aliphatic carbocycles. The highest BCUT2D eigenvalue weighted by Crippen LogP contribution is 2.28. The van der Waals surface area contributed by atoms with Crippen molar-refractivity contribution in [1.82, 2.24) is 10.2 Å². The number of nitrogens with one attached hydrogen (secondary N) is 1. The standard InChI is InChI=1S/C15H21N3O2.C2HF3O2/c1-20-14-5-3-2-4-13(14)17-6-8-18(9-7-17)15(19)12-10-16-11-12;3-2(4,5)1(6)7/h2-5,12,16H,6-11H2,1H3;(H,6,7). The number of ether oxygens (including phenoxy) is 1. The molecule has 10 heteroatoms. The summed E-state index contributed by atoms with van der Waals surface area (Å²) in [6.45, 7) is 5.01. The van der Waals surface area contributed by atoms with E-state index in [4.69, 9.17) is 14.6 Å². The second-order valence-corrected chi connectivity index (χ2v) is 6.14. The van der Waals surface area contributed by atoms with E-state index in [0.717, 1.165) is 50.7 Å². The predicted octanol–water partition coefficient (Wildman–Crippen LogP) is 1.20. The van der Waals surface area contributed by atoms with Crippen LogP contribution in [0.5, 0.6) is 5.75 Å². The van der Waals surface area contributed by atoms with Gasteiger partial charge < -0.3 is 25.0 Å². The third-order valence-corrected chi connectivity index (χ3v) is 4.39. The van der Waals surface area contributed by atoms with Crippen molar-refractivity contribution in [1.29, 1.82) is 0 Å². The molecule has 2 heterocycles. The normalized spacial score (nSPS) is 17.5. The molecule has 27 heavy (non-hydrogen) atoms. The van der Waals surface area contributed by atoms with Crippen molar-refractivity contribution < 1.29 is 32.6 Å². The third-order valence-electron chi connectivity index (χ3n) is 4.39. The molecule has 3 rings (SSSR count). The van der Waals surface area contributed by atoms with Gasteiger partial charge in [-0.25, -0.2) is 4.79 Å². The van der Waals surface area contributed by atoms with Crippen molar-refractivity contribution in [2.45, 2.75) is 6.18 Å². The van der Waals surface area contributed by atoms with Crippen LogP contribution in [0, 0.1) is 5.92 Å². The van der Waals surface area contributed by atoms with Crippen LogP contribution in [0.4, 0.5) is 18.9 Å². The van der Waals surface area contributed by atoms with Gasteiger partial charge in [-0.1, -0.05) is 12.1 Å². The van der Waals surface area contributed by atoms with E-state index in [9.17, 15) is 18.0 Å². The Morgan fingerprint density at radius 2 is 1.70 bits per heavy atom. The molecule has 2 saturated heterocycles. The molecule has 0 aromatic heterocycles. The minimum absolute atomic E-state index is 0.202. The van der Waals surface area contributed by atoms with E-state index in [0.29, 0.717) is 5.91 Å². The quantitative estimate of drug-likeness (QED) is 0.809. The molecule has 2 aliphatic heterocycles. The Morgan fingerprint density at radius 3 is 2.15 bits per heavy atom. The van der Waals surface area contributed by atoms with Gasteiger partial charge >= 0.3 is 12.1 Å². The molecule has 1 amide bonds. The van der Waals surface area contributed by atoms with E-state index in [-0.39, 0.29) is 5.92 Å². The summed E-state index contributed by atoms with van der Waals surface area (Å²) >= 11 is 0. The number of nitrogens with zero attached hydrogens (tertiary/aromatic N) is 2. The average molecular weight is 389 g/mol. The maximum Gasteiger partial charge on any atom is 0.490 e. The van der Waals surface area contributed by atoms with Crippen LogP contribution in [0.3, 0.4) is 0 Å². The number of alkyl halides is 3. The second kappa shape index (κ2) is 8.94. The van der Waals surface area contributed by atoms with E-state index in [1.807, 2.05) is 23.1 Å². The smallest absolute Gasteiger partial charge is 0.490 e. The number of methoxy groups -OCH3 is 1. The van der Waals surface area contributed by atoms with E-state index in [2.05, 4.69) is 16.3 Å². The van der Waals surface area contributed by atoms with Crippen molar-refractivity contribution in [2.75, 3.05) is 51.3 Å². The Hall–Kier alpha value is -2.49. The van der Waals surface area contributed by atoms with E-state index >= 15 is 0 Å². The lowest BCUT2D eigenvalue weighted by Crippen LogP contribution is -2.56. The van der Waals surface area contributed by atoms with E-state index < -0.39 is 12.1 Å². The number of amides is 1. The van der Waals surface area contributed by atoms with Gasteiger partial charge in [0.1, 0.15) is 5.75 Å². The number of benzene rings is 1. The van der Waals surface area contributed by atoms with Crippen molar-refractivity contribution in [3.05, 3.63) is 24.3 Å². The molecule has 0 unspecified atom stereocenters. The number of hydrogen-bond acceptors (Lipinski definition) is 5. The molecule has 7 nitrogen and oxygen atoms in total. The van der Waals surface area contributed by atoms with E-state index in [1.165, 1.54) is 0 Å². The van der Waals surface area contributed by atoms with Gasteiger partial charge in [-0.2, -0.15) is 13.2 Å². The first-order valence-electron chi connectivity index (χ1n) is 8.41. The lowest BCUT2D eigenvalue weighted by molar-refractivity contribution is -0.192. The first kappa shape index (κ1) is 20.8. The molecule has 2 fully saturated rings. The number of carbonyl (C=O) groups is 2. The number of carboxylic acid groups (broad SMARTS) is 1. The molecule has 2 aliphatic rings. The van der Waals surface area contributed by atoms with Gasteiger partial charge in [0.05, 0.1) is 18.7 Å².